The Balaban J connectivity index is 1.27. The molecule has 10 amide bonds. The lowest BCUT2D eigenvalue weighted by Crippen LogP contribution is -2.57. The number of aliphatic carboxylic acids is 9. The van der Waals surface area contributed by atoms with E-state index in [1.165, 1.54) is 43.9 Å². The average molecular weight is 1750 g/mol. The van der Waals surface area contributed by atoms with Crippen LogP contribution < -0.4 is 53.2 Å². The van der Waals surface area contributed by atoms with Crippen LogP contribution in [0.2, 0.25) is 0 Å². The van der Waals surface area contributed by atoms with Gasteiger partial charge in [-0.2, -0.15) is 0 Å². The number of carbonyl (C=O) groups excluding carboxylic acids is 9. The molecule has 20 N–H and O–H groups in total. The maximum atomic E-state index is 14.7. The molecule has 1 aliphatic heterocycles. The SMILES string of the molecule is O=C(O)CC[C@H](NC(=O)N[C@@H](CCC(=O)N[C@@H](CCCNC(=O)C[C@@H](NC(=O)c1ccc([N+](=O)[O-])cc1[N+](=O)[O-])C(=O)NCCCC[C@@H](NC(=O)[C@@H](Cc1ccc2ccccc2c1)NC(=O)[C@@H](Cc1ccc(O)cc1)NC(=O)CNC(=O)CCC(C(=O)O)N1CCN(CC(=O)O)CCN(CC(=O)O)CCN(CC(=O)O)CC1)C(=O)O)C(=O)O)C(=O)O)C(=O)O. The second-order valence-electron chi connectivity index (χ2n) is 28.6. The number of nitro benzene ring substituents is 2. The maximum Gasteiger partial charge on any atom is 0.326 e. The van der Waals surface area contributed by atoms with Gasteiger partial charge in [0.1, 0.15) is 59.6 Å². The second-order valence-corrected chi connectivity index (χ2v) is 28.6. The molecule has 1 unspecified atom stereocenters. The zero-order valence-corrected chi connectivity index (χ0v) is 66.6. The van der Waals surface area contributed by atoms with Gasteiger partial charge in [-0.25, -0.2) is 24.0 Å². The first-order chi connectivity index (χ1) is 58.6. The number of nitro groups is 2. The molecule has 1 heterocycles. The molecule has 0 radical (unpaired) electrons. The standard InChI is InChI=1S/C76H98N16O32/c93-48-15-11-43(12-16-48)35-54(81-62(97)39-79-59(94)22-20-57(75(118)119)90-32-30-88(41-65(102)103)28-26-87(40-64(100)101)27-29-89(31-33-90)42-66(104)105)69(108)84-55(36-44-10-13-45-6-1-2-7-46(45)34-44)70(109)82-51(72(112)113)8-3-4-24-78-68(107)56(83-67(106)49-17-14-47(91(121)122)37-58(49)92(123)124)38-61(96)77-25-5-9-50(71(110)111)80-60(95)21-18-52(73(114)115)85-76(120)86-53(74(116)117)19-23-63(98)99/h1-2,6-7,10-17,34,37,50-57,93H,3-5,8-9,18-33,35-36,38-42H2,(H,77,96)(H,78,107)(H,79,94)(H,80,95)(H,81,97)(H,82,109)(H,83,106)(H,84,108)(H,98,99)(H,100,101)(H,102,103)(H,104,105)(H,110,111)(H,112,113)(H,114,115)(H,116,117)(H,118,119)(H2,85,86,120)/t50-,51+,52-,53-,54+,55+,56+,57?/m0/s1. The third-order valence-electron chi connectivity index (χ3n) is 19.3. The Morgan fingerprint density at radius 2 is 0.863 bits per heavy atom. The number of fused-ring (bicyclic) bond motifs is 1. The Morgan fingerprint density at radius 3 is 1.40 bits per heavy atom. The number of nitrogens with zero attached hydrogens (tertiary/aromatic N) is 6. The van der Waals surface area contributed by atoms with Crippen LogP contribution in [0.25, 0.3) is 10.8 Å². The van der Waals surface area contributed by atoms with Crippen LogP contribution in [0.3, 0.4) is 0 Å². The topological polar surface area (TPSA) is 729 Å². The van der Waals surface area contributed by atoms with Crippen molar-refractivity contribution in [2.24, 2.45) is 0 Å². The Kier molecular flexibility index (Phi) is 41.1. The lowest BCUT2D eigenvalue weighted by Gasteiger charge is -2.35. The first-order valence-electron chi connectivity index (χ1n) is 38.6. The summed E-state index contributed by atoms with van der Waals surface area (Å²) in [5.41, 5.74) is -1.91. The molecular weight excluding hydrogens is 1650 g/mol. The average Bonchev–Trinajstić information content (AvgIpc) is 0.762. The number of nitrogens with one attached hydrogen (secondary N) is 10. The summed E-state index contributed by atoms with van der Waals surface area (Å²) in [5.74, 6) is -21.7. The minimum atomic E-state index is -1.92. The molecule has 5 rings (SSSR count). The van der Waals surface area contributed by atoms with Crippen molar-refractivity contribution in [3.05, 3.63) is 122 Å². The monoisotopic (exact) mass is 1750 g/mol. The van der Waals surface area contributed by atoms with E-state index in [1.54, 1.807) is 42.5 Å². The zero-order chi connectivity index (χ0) is 91.9. The van der Waals surface area contributed by atoms with Crippen molar-refractivity contribution >= 4 is 129 Å². The van der Waals surface area contributed by atoms with Crippen molar-refractivity contribution in [1.29, 1.82) is 0 Å². The van der Waals surface area contributed by atoms with E-state index in [9.17, 15) is 152 Å². The highest BCUT2D eigenvalue weighted by atomic mass is 16.6. The molecule has 0 saturated carbocycles. The van der Waals surface area contributed by atoms with E-state index in [0.717, 1.165) is 11.5 Å². The van der Waals surface area contributed by atoms with Crippen LogP contribution in [0.5, 0.6) is 5.75 Å². The molecule has 1 saturated heterocycles. The van der Waals surface area contributed by atoms with Crippen LogP contribution >= 0.6 is 0 Å². The highest BCUT2D eigenvalue weighted by Gasteiger charge is 2.35. The number of non-ortho nitro benzene ring substituents is 1. The number of benzene rings is 4. The fourth-order valence-corrected chi connectivity index (χ4v) is 12.8. The summed E-state index contributed by atoms with van der Waals surface area (Å²) in [6, 6.07) is 4.45. The number of amides is 10. The first-order valence-corrected chi connectivity index (χ1v) is 38.6. The van der Waals surface area contributed by atoms with E-state index < -0.39 is 266 Å². The summed E-state index contributed by atoms with van der Waals surface area (Å²) in [5, 5.41) is 146. The lowest BCUT2D eigenvalue weighted by atomic mass is 9.99. The molecule has 674 valence electrons. The minimum Gasteiger partial charge on any atom is -0.508 e. The summed E-state index contributed by atoms with van der Waals surface area (Å²) in [7, 11) is 0. The van der Waals surface area contributed by atoms with Crippen LogP contribution in [0, 0.1) is 20.2 Å². The number of rotatable bonds is 51. The van der Waals surface area contributed by atoms with Gasteiger partial charge in [-0.3, -0.25) is 102 Å². The maximum absolute atomic E-state index is 14.7. The number of carboxylic acids is 9. The van der Waals surface area contributed by atoms with E-state index in [-0.39, 0.29) is 103 Å². The van der Waals surface area contributed by atoms with Crippen molar-refractivity contribution in [2.75, 3.05) is 91.6 Å². The van der Waals surface area contributed by atoms with Gasteiger partial charge in [0.25, 0.3) is 17.3 Å². The molecule has 0 aromatic heterocycles. The number of phenols is 1. The van der Waals surface area contributed by atoms with Crippen molar-refractivity contribution < 1.29 is 147 Å². The van der Waals surface area contributed by atoms with Gasteiger partial charge in [0.2, 0.25) is 41.4 Å². The van der Waals surface area contributed by atoms with E-state index in [0.29, 0.717) is 28.6 Å². The highest BCUT2D eigenvalue weighted by Crippen LogP contribution is 2.26. The third-order valence-corrected chi connectivity index (χ3v) is 19.3. The molecule has 0 spiro atoms. The van der Waals surface area contributed by atoms with Gasteiger partial charge in [-0.05, 0) is 91.5 Å². The second kappa shape index (κ2) is 50.8. The van der Waals surface area contributed by atoms with Gasteiger partial charge < -0.3 is 104 Å². The van der Waals surface area contributed by atoms with Gasteiger partial charge in [0.15, 0.2) is 0 Å². The molecule has 1 fully saturated rings. The van der Waals surface area contributed by atoms with E-state index in [2.05, 4.69) is 42.5 Å². The van der Waals surface area contributed by atoms with Crippen LogP contribution in [-0.2, 0) is 89.6 Å². The smallest absolute Gasteiger partial charge is 0.326 e. The van der Waals surface area contributed by atoms with E-state index in [4.69, 9.17) is 5.11 Å². The number of unbranched alkanes of at least 4 members (excludes halogenated alkanes) is 1. The van der Waals surface area contributed by atoms with Crippen molar-refractivity contribution in [2.45, 2.75) is 138 Å². The number of hydrogen-bond donors (Lipinski definition) is 20. The molecule has 48 heteroatoms. The molecule has 48 nitrogen and oxygen atoms in total. The van der Waals surface area contributed by atoms with Crippen molar-refractivity contribution in [3.63, 3.8) is 0 Å². The molecule has 4 aromatic rings. The van der Waals surface area contributed by atoms with Crippen molar-refractivity contribution in [1.82, 2.24) is 72.8 Å². The fraction of sp³-hybridized carbons (Fsp3) is 0.474. The summed E-state index contributed by atoms with van der Waals surface area (Å²) < 4.78 is 0. The van der Waals surface area contributed by atoms with Crippen LogP contribution in [0.4, 0.5) is 16.2 Å². The van der Waals surface area contributed by atoms with E-state index >= 15 is 0 Å². The Morgan fingerprint density at radius 1 is 0.387 bits per heavy atom. The predicted molar refractivity (Wildman–Crippen MR) is 425 cm³/mol. The first kappa shape index (κ1) is 100. The number of urea groups is 1. The Hall–Kier alpha value is -14.2. The third kappa shape index (κ3) is 36.4. The van der Waals surface area contributed by atoms with Crippen LogP contribution in [-0.4, -0.2) is 327 Å². The van der Waals surface area contributed by atoms with Gasteiger partial charge in [-0.1, -0.05) is 54.6 Å². The van der Waals surface area contributed by atoms with Gasteiger partial charge >= 0.3 is 59.8 Å². The number of carbonyl (C=O) groups is 18. The predicted octanol–water partition coefficient (Wildman–Crippen LogP) is -2.70. The fourth-order valence-electron chi connectivity index (χ4n) is 12.8. The normalized spacial score (nSPS) is 14.8. The zero-order valence-electron chi connectivity index (χ0n) is 66.6. The summed E-state index contributed by atoms with van der Waals surface area (Å²) >= 11 is 0. The molecule has 1 aliphatic rings. The Labute approximate surface area is 704 Å². The van der Waals surface area contributed by atoms with Crippen LogP contribution in [0.1, 0.15) is 98.5 Å². The molecule has 4 aromatic carbocycles. The quantitative estimate of drug-likeness (QED) is 0.0122. The molecular formula is C76H98N16O32. The largest absolute Gasteiger partial charge is 0.508 e. The number of phenolic OH excluding ortho intramolecular Hbond substituents is 1. The van der Waals surface area contributed by atoms with Crippen LogP contribution in [0.15, 0.2) is 84.9 Å². The van der Waals surface area contributed by atoms with Gasteiger partial charge in [-0.15, -0.1) is 0 Å². The lowest BCUT2D eigenvalue weighted by molar-refractivity contribution is -0.394. The number of aromatic hydroxyl groups is 1. The minimum absolute atomic E-state index is 0.0328. The summed E-state index contributed by atoms with van der Waals surface area (Å²) in [4.78, 5) is 258. The van der Waals surface area contributed by atoms with E-state index in [1.807, 2.05) is 10.6 Å². The number of hydrogen-bond acceptors (Lipinski definition) is 27. The number of carboxylic acid groups (broad SMARTS) is 9. The molecule has 124 heavy (non-hydrogen) atoms. The van der Waals surface area contributed by atoms with Crippen molar-refractivity contribution in [3.8, 4) is 5.75 Å². The van der Waals surface area contributed by atoms with Gasteiger partial charge in [0, 0.05) is 104 Å². The summed E-state index contributed by atoms with van der Waals surface area (Å²) in [6.07, 6.45) is -6.44. The van der Waals surface area contributed by atoms with Gasteiger partial charge in [0.05, 0.1) is 48.5 Å². The molecule has 8 atom stereocenters. The Bertz CT molecular complexity index is 4500. The highest BCUT2D eigenvalue weighted by molar-refractivity contribution is 6.02. The summed E-state index contributed by atoms with van der Waals surface area (Å²) in [6.45, 7) is -3.12. The molecule has 0 bridgehead atoms. The molecule has 0 aliphatic carbocycles.